The van der Waals surface area contributed by atoms with Gasteiger partial charge in [0, 0.05) is 57.6 Å². The lowest BCUT2D eigenvalue weighted by Crippen LogP contribution is -2.62. The number of amides is 4. The molecule has 2 unspecified atom stereocenters. The highest BCUT2D eigenvalue weighted by Gasteiger charge is 2.45. The Morgan fingerprint density at radius 3 is 2.61 bits per heavy atom. The van der Waals surface area contributed by atoms with E-state index in [1.165, 1.54) is 5.56 Å². The molecule has 0 spiro atoms. The standard InChI is InChI=1S/C26H36N4O3/c1-18-5-2-3-6-21(18)14-27-25(32)20-9-11-28(12-10-20)26(33)29-15-19-13-22(17-29)23-7-4-8-24(31)30(23)16-19/h2-3,5-6,19-20,22-23H,4,7-17H2,1H3,(H,27,32)/t19?,22?,23-/m1/s1. The molecule has 0 saturated carbocycles. The van der Waals surface area contributed by atoms with E-state index in [0.717, 1.165) is 57.3 Å². The number of urea groups is 1. The number of fused-ring (bicyclic) bond motifs is 4. The third-order valence-corrected chi connectivity index (χ3v) is 8.30. The fourth-order valence-corrected chi connectivity index (χ4v) is 6.43. The van der Waals surface area contributed by atoms with E-state index in [1.54, 1.807) is 0 Å². The van der Waals surface area contributed by atoms with Crippen LogP contribution >= 0.6 is 0 Å². The van der Waals surface area contributed by atoms with Crippen LogP contribution in [0.5, 0.6) is 0 Å². The molecule has 178 valence electrons. The maximum absolute atomic E-state index is 13.3. The van der Waals surface area contributed by atoms with Crippen LogP contribution in [0.4, 0.5) is 4.79 Å². The highest BCUT2D eigenvalue weighted by molar-refractivity contribution is 5.80. The maximum atomic E-state index is 13.3. The Hall–Kier alpha value is -2.57. The Balaban J connectivity index is 1.12. The van der Waals surface area contributed by atoms with Gasteiger partial charge in [-0.15, -0.1) is 0 Å². The predicted molar refractivity (Wildman–Crippen MR) is 125 cm³/mol. The molecule has 4 aliphatic rings. The molecular formula is C26H36N4O3. The minimum Gasteiger partial charge on any atom is -0.352 e. The van der Waals surface area contributed by atoms with Gasteiger partial charge in [0.1, 0.15) is 0 Å². The van der Waals surface area contributed by atoms with Gasteiger partial charge in [-0.1, -0.05) is 24.3 Å². The van der Waals surface area contributed by atoms with Gasteiger partial charge in [-0.25, -0.2) is 4.79 Å². The largest absolute Gasteiger partial charge is 0.352 e. The van der Waals surface area contributed by atoms with Crippen LogP contribution in [0.1, 0.15) is 49.7 Å². The summed E-state index contributed by atoms with van der Waals surface area (Å²) in [7, 11) is 0. The number of aryl methyl sites for hydroxylation is 1. The van der Waals surface area contributed by atoms with Crippen molar-refractivity contribution in [3.8, 4) is 0 Å². The molecule has 4 saturated heterocycles. The minimum absolute atomic E-state index is 0.0272. The molecule has 3 atom stereocenters. The predicted octanol–water partition coefficient (Wildman–Crippen LogP) is 2.78. The van der Waals surface area contributed by atoms with Gasteiger partial charge in [-0.3, -0.25) is 9.59 Å². The molecule has 0 aromatic heterocycles. The van der Waals surface area contributed by atoms with E-state index in [1.807, 2.05) is 28.0 Å². The fraction of sp³-hybridized carbons (Fsp3) is 0.654. The van der Waals surface area contributed by atoms with Gasteiger partial charge in [0.25, 0.3) is 0 Å². The summed E-state index contributed by atoms with van der Waals surface area (Å²) >= 11 is 0. The first-order chi connectivity index (χ1) is 16.0. The lowest BCUT2D eigenvalue weighted by molar-refractivity contribution is -0.144. The normalized spacial score (nSPS) is 27.8. The molecule has 4 amide bonds. The quantitative estimate of drug-likeness (QED) is 0.767. The Bertz CT molecular complexity index is 911. The summed E-state index contributed by atoms with van der Waals surface area (Å²) in [6, 6.07) is 8.56. The van der Waals surface area contributed by atoms with E-state index in [-0.39, 0.29) is 17.9 Å². The van der Waals surface area contributed by atoms with E-state index in [2.05, 4.69) is 23.2 Å². The first kappa shape index (κ1) is 22.2. The zero-order chi connectivity index (χ0) is 22.9. The molecule has 4 aliphatic heterocycles. The van der Waals surface area contributed by atoms with Gasteiger partial charge in [0.15, 0.2) is 0 Å². The number of likely N-dealkylation sites (tertiary alicyclic amines) is 2. The summed E-state index contributed by atoms with van der Waals surface area (Å²) in [6.45, 7) is 6.23. The molecule has 1 aromatic carbocycles. The van der Waals surface area contributed by atoms with Crippen LogP contribution in [0.3, 0.4) is 0 Å². The van der Waals surface area contributed by atoms with Crippen molar-refractivity contribution >= 4 is 17.8 Å². The van der Waals surface area contributed by atoms with Crippen molar-refractivity contribution in [2.24, 2.45) is 17.8 Å². The molecule has 7 nitrogen and oxygen atoms in total. The van der Waals surface area contributed by atoms with E-state index in [9.17, 15) is 14.4 Å². The fourth-order valence-electron chi connectivity index (χ4n) is 6.43. The minimum atomic E-state index is -0.0272. The van der Waals surface area contributed by atoms with Crippen LogP contribution in [-0.2, 0) is 16.1 Å². The Kier molecular flexibility index (Phi) is 6.30. The van der Waals surface area contributed by atoms with Crippen molar-refractivity contribution in [2.45, 2.75) is 58.0 Å². The number of piperidine rings is 4. The summed E-state index contributed by atoms with van der Waals surface area (Å²) in [5, 5.41) is 3.09. The maximum Gasteiger partial charge on any atom is 0.320 e. The van der Waals surface area contributed by atoms with Gasteiger partial charge in [-0.05, 0) is 62.0 Å². The number of rotatable bonds is 3. The van der Waals surface area contributed by atoms with Crippen LogP contribution < -0.4 is 5.32 Å². The number of hydrogen-bond acceptors (Lipinski definition) is 3. The number of benzene rings is 1. The van der Waals surface area contributed by atoms with Crippen LogP contribution in [0, 0.1) is 24.7 Å². The first-order valence-electron chi connectivity index (χ1n) is 12.6. The Morgan fingerprint density at radius 2 is 1.82 bits per heavy atom. The van der Waals surface area contributed by atoms with E-state index in [0.29, 0.717) is 49.8 Å². The molecule has 33 heavy (non-hydrogen) atoms. The SMILES string of the molecule is Cc1ccccc1CNC(=O)C1CCN(C(=O)N2CC3CC(C2)[C@H]2CCCC(=O)N2C3)CC1. The summed E-state index contributed by atoms with van der Waals surface area (Å²) in [6.07, 6.45) is 5.32. The smallest absolute Gasteiger partial charge is 0.320 e. The zero-order valence-electron chi connectivity index (χ0n) is 19.7. The van der Waals surface area contributed by atoms with Crippen molar-refractivity contribution in [1.29, 1.82) is 0 Å². The Labute approximate surface area is 196 Å². The molecule has 0 aliphatic carbocycles. The van der Waals surface area contributed by atoms with E-state index < -0.39 is 0 Å². The van der Waals surface area contributed by atoms with Gasteiger partial charge in [-0.2, -0.15) is 0 Å². The number of carbonyl (C=O) groups excluding carboxylic acids is 3. The molecule has 0 radical (unpaired) electrons. The molecular weight excluding hydrogens is 416 g/mol. The van der Waals surface area contributed by atoms with Gasteiger partial charge in [0.05, 0.1) is 0 Å². The second kappa shape index (κ2) is 9.35. The summed E-state index contributed by atoms with van der Waals surface area (Å²) in [4.78, 5) is 44.4. The second-order valence-electron chi connectivity index (χ2n) is 10.5. The lowest BCUT2D eigenvalue weighted by Gasteiger charge is -2.53. The molecule has 4 heterocycles. The molecule has 2 bridgehead atoms. The highest BCUT2D eigenvalue weighted by Crippen LogP contribution is 2.38. The summed E-state index contributed by atoms with van der Waals surface area (Å²) in [5.41, 5.74) is 2.33. The van der Waals surface area contributed by atoms with Gasteiger partial charge in [0.2, 0.25) is 11.8 Å². The third-order valence-electron chi connectivity index (χ3n) is 8.30. The number of carbonyl (C=O) groups is 3. The number of nitrogens with one attached hydrogen (secondary N) is 1. The van der Waals surface area contributed by atoms with Crippen LogP contribution in [0.15, 0.2) is 24.3 Å². The van der Waals surface area contributed by atoms with Crippen LogP contribution in [0.25, 0.3) is 0 Å². The summed E-state index contributed by atoms with van der Waals surface area (Å²) < 4.78 is 0. The topological polar surface area (TPSA) is 73.0 Å². The van der Waals surface area contributed by atoms with E-state index in [4.69, 9.17) is 0 Å². The van der Waals surface area contributed by atoms with Crippen molar-refractivity contribution < 1.29 is 14.4 Å². The van der Waals surface area contributed by atoms with Crippen LogP contribution in [-0.4, -0.2) is 71.3 Å². The van der Waals surface area contributed by atoms with Crippen LogP contribution in [0.2, 0.25) is 0 Å². The molecule has 7 heteroatoms. The monoisotopic (exact) mass is 452 g/mol. The molecule has 5 rings (SSSR count). The average molecular weight is 453 g/mol. The third kappa shape index (κ3) is 4.59. The summed E-state index contributed by atoms with van der Waals surface area (Å²) in [5.74, 6) is 1.19. The highest BCUT2D eigenvalue weighted by atomic mass is 16.2. The second-order valence-corrected chi connectivity index (χ2v) is 10.5. The van der Waals surface area contributed by atoms with Crippen molar-refractivity contribution in [3.63, 3.8) is 0 Å². The van der Waals surface area contributed by atoms with Gasteiger partial charge >= 0.3 is 6.03 Å². The number of hydrogen-bond donors (Lipinski definition) is 1. The first-order valence-corrected chi connectivity index (χ1v) is 12.6. The Morgan fingerprint density at radius 1 is 1.03 bits per heavy atom. The van der Waals surface area contributed by atoms with Crippen molar-refractivity contribution in [1.82, 2.24) is 20.0 Å². The van der Waals surface area contributed by atoms with Crippen molar-refractivity contribution in [2.75, 3.05) is 32.7 Å². The average Bonchev–Trinajstić information content (AvgIpc) is 2.83. The zero-order valence-corrected chi connectivity index (χ0v) is 19.7. The number of nitrogens with zero attached hydrogens (tertiary/aromatic N) is 3. The molecule has 1 N–H and O–H groups in total. The van der Waals surface area contributed by atoms with E-state index >= 15 is 0 Å². The molecule has 4 fully saturated rings. The van der Waals surface area contributed by atoms with Crippen molar-refractivity contribution in [3.05, 3.63) is 35.4 Å². The molecule has 1 aromatic rings. The van der Waals surface area contributed by atoms with Gasteiger partial charge < -0.3 is 20.0 Å². The lowest BCUT2D eigenvalue weighted by atomic mass is 9.76.